The molecule has 0 saturated carbocycles. The van der Waals surface area contributed by atoms with Gasteiger partial charge >= 0.3 is 0 Å². The molecule has 0 aliphatic carbocycles. The average Bonchev–Trinajstić information content (AvgIpc) is 3.41. The number of H-pyrrole nitrogens is 1. The van der Waals surface area contributed by atoms with Crippen LogP contribution in [0.3, 0.4) is 0 Å². The average molecular weight is 409 g/mol. The number of aromatic amines is 1. The van der Waals surface area contributed by atoms with E-state index in [1.165, 1.54) is 17.3 Å². The van der Waals surface area contributed by atoms with Crippen LogP contribution < -0.4 is 9.47 Å². The second kappa shape index (κ2) is 8.36. The summed E-state index contributed by atoms with van der Waals surface area (Å²) in [6.07, 6.45) is 0. The highest BCUT2D eigenvalue weighted by atomic mass is 32.2. The van der Waals surface area contributed by atoms with Gasteiger partial charge in [-0.15, -0.1) is 15.3 Å². The number of aromatic nitrogens is 5. The number of nitrogens with one attached hydrogen (secondary N) is 1. The fraction of sp³-hybridized carbons (Fsp3) is 0.200. The highest BCUT2D eigenvalue weighted by molar-refractivity contribution is 7.98. The van der Waals surface area contributed by atoms with Gasteiger partial charge in [-0.25, -0.2) is 4.98 Å². The van der Waals surface area contributed by atoms with Crippen LogP contribution in [-0.2, 0) is 5.75 Å². The minimum absolute atomic E-state index is 0.414. The maximum Gasteiger partial charge on any atom is 0.247 e. The van der Waals surface area contributed by atoms with Crippen LogP contribution in [-0.4, -0.2) is 39.6 Å². The summed E-state index contributed by atoms with van der Waals surface area (Å²) in [5.41, 5.74) is 2.92. The van der Waals surface area contributed by atoms with Crippen molar-refractivity contribution >= 4 is 11.8 Å². The summed E-state index contributed by atoms with van der Waals surface area (Å²) in [6.45, 7) is 2.04. The lowest BCUT2D eigenvalue weighted by atomic mass is 10.1. The molecule has 4 rings (SSSR count). The zero-order valence-electron chi connectivity index (χ0n) is 16.2. The molecule has 0 atom stereocenters. The van der Waals surface area contributed by atoms with E-state index in [0.29, 0.717) is 34.2 Å². The molecule has 4 aromatic rings. The Morgan fingerprint density at radius 3 is 2.66 bits per heavy atom. The molecule has 0 amide bonds. The quantitative estimate of drug-likeness (QED) is 0.455. The molecule has 0 bridgehead atoms. The van der Waals surface area contributed by atoms with E-state index in [0.717, 1.165) is 17.0 Å². The third-order valence-corrected chi connectivity index (χ3v) is 5.01. The molecule has 0 aliphatic rings. The lowest BCUT2D eigenvalue weighted by molar-refractivity contribution is 0.355. The van der Waals surface area contributed by atoms with Crippen molar-refractivity contribution in [2.75, 3.05) is 14.2 Å². The molecule has 0 fully saturated rings. The van der Waals surface area contributed by atoms with E-state index < -0.39 is 0 Å². The van der Waals surface area contributed by atoms with Gasteiger partial charge in [-0.3, -0.25) is 5.10 Å². The van der Waals surface area contributed by atoms with Crippen LogP contribution in [0, 0.1) is 6.92 Å². The number of nitrogens with zero attached hydrogens (tertiary/aromatic N) is 4. The number of hydrogen-bond donors (Lipinski definition) is 1. The van der Waals surface area contributed by atoms with Gasteiger partial charge < -0.3 is 13.9 Å². The van der Waals surface area contributed by atoms with Gasteiger partial charge in [-0.1, -0.05) is 35.5 Å². The molecule has 0 saturated heterocycles. The Labute approximate surface area is 171 Å². The number of aryl methyl sites for hydroxylation is 1. The predicted octanol–water partition coefficient (Wildman–Crippen LogP) is 4.14. The van der Waals surface area contributed by atoms with E-state index in [1.807, 2.05) is 31.2 Å². The van der Waals surface area contributed by atoms with Gasteiger partial charge in [-0.2, -0.15) is 0 Å². The Kier molecular flexibility index (Phi) is 5.48. The number of methoxy groups -OCH3 is 2. The fourth-order valence-electron chi connectivity index (χ4n) is 2.76. The van der Waals surface area contributed by atoms with Gasteiger partial charge in [0.25, 0.3) is 0 Å². The van der Waals surface area contributed by atoms with Crippen molar-refractivity contribution in [3.8, 4) is 34.3 Å². The first-order chi connectivity index (χ1) is 14.2. The van der Waals surface area contributed by atoms with Gasteiger partial charge in [0.15, 0.2) is 17.3 Å². The van der Waals surface area contributed by atoms with Crippen LogP contribution >= 0.6 is 11.8 Å². The Morgan fingerprint density at radius 2 is 1.86 bits per heavy atom. The molecule has 0 spiro atoms. The summed E-state index contributed by atoms with van der Waals surface area (Å²) < 4.78 is 16.3. The van der Waals surface area contributed by atoms with Crippen molar-refractivity contribution in [1.82, 2.24) is 25.4 Å². The largest absolute Gasteiger partial charge is 0.493 e. The number of thioether (sulfide) groups is 1. The lowest BCUT2D eigenvalue weighted by Gasteiger charge is -2.07. The molecule has 0 radical (unpaired) electrons. The highest BCUT2D eigenvalue weighted by Gasteiger charge is 2.14. The molecule has 8 nitrogen and oxygen atoms in total. The molecule has 9 heteroatoms. The van der Waals surface area contributed by atoms with Crippen LogP contribution in [0.4, 0.5) is 0 Å². The minimum atomic E-state index is 0.414. The SMILES string of the molecule is COc1ccc(-c2nnc(CSc3n[nH]c(-c4cccc(C)c4)n3)o2)cc1OC. The normalized spacial score (nSPS) is 10.9. The smallest absolute Gasteiger partial charge is 0.247 e. The molecular formula is C20H19N5O3S. The van der Waals surface area contributed by atoms with Crippen molar-refractivity contribution in [2.24, 2.45) is 0 Å². The Balaban J connectivity index is 1.44. The Morgan fingerprint density at radius 1 is 1.00 bits per heavy atom. The number of rotatable bonds is 7. The van der Waals surface area contributed by atoms with Crippen molar-refractivity contribution in [2.45, 2.75) is 17.8 Å². The highest BCUT2D eigenvalue weighted by Crippen LogP contribution is 2.32. The third kappa shape index (κ3) is 4.24. The number of ether oxygens (including phenoxy) is 2. The standard InChI is InChI=1S/C20H19N5O3S/c1-12-5-4-6-13(9-12)18-21-20(25-23-18)29-11-17-22-24-19(28-17)14-7-8-15(26-2)16(10-14)27-3/h4-10H,11H2,1-3H3,(H,21,23,25). The summed E-state index contributed by atoms with van der Waals surface area (Å²) in [6, 6.07) is 13.5. The van der Waals surface area contributed by atoms with Crippen molar-refractivity contribution < 1.29 is 13.9 Å². The zero-order chi connectivity index (χ0) is 20.2. The van der Waals surface area contributed by atoms with Crippen molar-refractivity contribution in [1.29, 1.82) is 0 Å². The maximum absolute atomic E-state index is 5.77. The van der Waals surface area contributed by atoms with E-state index in [9.17, 15) is 0 Å². The van der Waals surface area contributed by atoms with Gasteiger partial charge in [0.2, 0.25) is 16.9 Å². The monoisotopic (exact) mass is 409 g/mol. The molecule has 2 aromatic carbocycles. The first-order valence-electron chi connectivity index (χ1n) is 8.83. The van der Waals surface area contributed by atoms with E-state index in [2.05, 4.69) is 31.4 Å². The fourth-order valence-corrected chi connectivity index (χ4v) is 3.39. The summed E-state index contributed by atoms with van der Waals surface area (Å²) in [7, 11) is 3.17. The van der Waals surface area contributed by atoms with Gasteiger partial charge in [0.05, 0.1) is 20.0 Å². The van der Waals surface area contributed by atoms with E-state index >= 15 is 0 Å². The van der Waals surface area contributed by atoms with Gasteiger partial charge in [0.1, 0.15) is 0 Å². The summed E-state index contributed by atoms with van der Waals surface area (Å²) >= 11 is 1.42. The molecule has 0 aliphatic heterocycles. The number of benzene rings is 2. The second-order valence-electron chi connectivity index (χ2n) is 6.20. The summed E-state index contributed by atoms with van der Waals surface area (Å²) in [4.78, 5) is 4.52. The number of hydrogen-bond acceptors (Lipinski definition) is 8. The molecular weight excluding hydrogens is 390 g/mol. The van der Waals surface area contributed by atoms with Crippen LogP contribution in [0.1, 0.15) is 11.5 Å². The van der Waals surface area contributed by atoms with Crippen LogP contribution in [0.5, 0.6) is 11.5 Å². The first-order valence-corrected chi connectivity index (χ1v) is 9.82. The third-order valence-electron chi connectivity index (χ3n) is 4.18. The van der Waals surface area contributed by atoms with Crippen LogP contribution in [0.15, 0.2) is 52.0 Å². The summed E-state index contributed by atoms with van der Waals surface area (Å²) in [5, 5.41) is 16.1. The van der Waals surface area contributed by atoms with E-state index in [4.69, 9.17) is 13.9 Å². The first kappa shape index (κ1) is 19.0. The molecule has 0 unspecified atom stereocenters. The minimum Gasteiger partial charge on any atom is -0.493 e. The summed E-state index contributed by atoms with van der Waals surface area (Å²) in [5.74, 6) is 3.33. The van der Waals surface area contributed by atoms with Crippen LogP contribution in [0.2, 0.25) is 0 Å². The molecule has 1 N–H and O–H groups in total. The van der Waals surface area contributed by atoms with Crippen molar-refractivity contribution in [3.05, 3.63) is 53.9 Å². The topological polar surface area (TPSA) is 99.0 Å². The second-order valence-corrected chi connectivity index (χ2v) is 7.14. The molecule has 2 aromatic heterocycles. The molecule has 29 heavy (non-hydrogen) atoms. The Hall–Kier alpha value is -3.33. The maximum atomic E-state index is 5.77. The Bertz CT molecular complexity index is 1120. The van der Waals surface area contributed by atoms with Crippen LogP contribution in [0.25, 0.3) is 22.8 Å². The van der Waals surface area contributed by atoms with Crippen molar-refractivity contribution in [3.63, 3.8) is 0 Å². The van der Waals surface area contributed by atoms with E-state index in [-0.39, 0.29) is 0 Å². The molecule has 2 heterocycles. The zero-order valence-corrected chi connectivity index (χ0v) is 17.0. The van der Waals surface area contributed by atoms with Gasteiger partial charge in [-0.05, 0) is 31.2 Å². The lowest BCUT2D eigenvalue weighted by Crippen LogP contribution is -1.90. The van der Waals surface area contributed by atoms with E-state index in [1.54, 1.807) is 26.4 Å². The predicted molar refractivity (Wildman–Crippen MR) is 109 cm³/mol. The van der Waals surface area contributed by atoms with Gasteiger partial charge in [0, 0.05) is 11.1 Å². The molecule has 148 valence electrons.